The molecule has 1 heterocycles. The van der Waals surface area contributed by atoms with Gasteiger partial charge in [0.2, 0.25) is 0 Å². The molecule has 8 heteroatoms. The molecule has 1 aliphatic heterocycles. The van der Waals surface area contributed by atoms with Crippen molar-refractivity contribution in [2.24, 2.45) is 11.8 Å². The molecule has 2 aromatic carbocycles. The molecule has 0 bridgehead atoms. The van der Waals surface area contributed by atoms with Gasteiger partial charge in [0.05, 0.1) is 0 Å². The Hall–Kier alpha value is -1.61. The van der Waals surface area contributed by atoms with E-state index in [2.05, 4.69) is 67.8 Å². The van der Waals surface area contributed by atoms with E-state index in [1.54, 1.807) is 11.8 Å². The van der Waals surface area contributed by atoms with E-state index in [1.807, 2.05) is 48.0 Å². The molecule has 256 valence electrons. The van der Waals surface area contributed by atoms with E-state index < -0.39 is 12.0 Å². The number of thioether (sulfide) groups is 3. The van der Waals surface area contributed by atoms with Gasteiger partial charge < -0.3 is 10.4 Å². The number of aryl methyl sites for hydroxylation is 1. The van der Waals surface area contributed by atoms with E-state index in [0.29, 0.717) is 29.8 Å². The van der Waals surface area contributed by atoms with Crippen LogP contribution in [-0.2, 0) is 11.3 Å². The fourth-order valence-electron chi connectivity index (χ4n) is 6.96. The topological polar surface area (TPSA) is 69.6 Å². The monoisotopic (exact) mass is 686 g/mol. The first-order valence-corrected chi connectivity index (χ1v) is 21.3. The van der Waals surface area contributed by atoms with Crippen molar-refractivity contribution >= 4 is 47.2 Å². The number of carbonyl (C=O) groups excluding carboxylic acids is 1. The fraction of sp³-hybridized carbons (Fsp3) is 0.632. The van der Waals surface area contributed by atoms with Gasteiger partial charge in [0.25, 0.3) is 5.91 Å². The Morgan fingerprint density at radius 1 is 0.913 bits per heavy atom. The highest BCUT2D eigenvalue weighted by molar-refractivity contribution is 7.99. The SMILES string of the molecule is CSCC(C)C.CSCCC(NC(=O)c1ccc(CN2C(CSC)CCC2CC2CCCCC2)cc1-c1ccccc1C)C(=O)O. The minimum absolute atomic E-state index is 0.324. The van der Waals surface area contributed by atoms with Gasteiger partial charge in [-0.3, -0.25) is 9.69 Å². The number of nitrogens with zero attached hydrogens (tertiary/aromatic N) is 1. The molecule has 2 aliphatic rings. The van der Waals surface area contributed by atoms with Gasteiger partial charge >= 0.3 is 5.97 Å². The summed E-state index contributed by atoms with van der Waals surface area (Å²) in [6, 6.07) is 14.6. The number of carboxylic acids is 1. The summed E-state index contributed by atoms with van der Waals surface area (Å²) in [7, 11) is 0. The molecule has 2 fully saturated rings. The Balaban J connectivity index is 0.000000875. The van der Waals surface area contributed by atoms with Crippen LogP contribution in [0.1, 0.15) is 93.1 Å². The summed E-state index contributed by atoms with van der Waals surface area (Å²) in [5, 5.41) is 12.5. The lowest BCUT2D eigenvalue weighted by atomic mass is 9.84. The maximum absolute atomic E-state index is 13.5. The van der Waals surface area contributed by atoms with Crippen molar-refractivity contribution in [1.82, 2.24) is 10.2 Å². The van der Waals surface area contributed by atoms with E-state index in [4.69, 9.17) is 0 Å². The molecule has 0 spiro atoms. The third-order valence-electron chi connectivity index (χ3n) is 9.30. The molecule has 0 radical (unpaired) electrons. The van der Waals surface area contributed by atoms with Crippen LogP contribution in [-0.4, -0.2) is 76.0 Å². The Bertz CT molecular complexity index is 1220. The smallest absolute Gasteiger partial charge is 0.326 e. The number of hydrogen-bond acceptors (Lipinski definition) is 6. The van der Waals surface area contributed by atoms with Crippen molar-refractivity contribution < 1.29 is 14.7 Å². The highest BCUT2D eigenvalue weighted by Gasteiger charge is 2.35. The lowest BCUT2D eigenvalue weighted by molar-refractivity contribution is -0.139. The van der Waals surface area contributed by atoms with E-state index in [-0.39, 0.29) is 5.91 Å². The number of aliphatic carboxylic acids is 1. The zero-order chi connectivity index (χ0) is 33.5. The van der Waals surface area contributed by atoms with Gasteiger partial charge in [0.1, 0.15) is 6.04 Å². The van der Waals surface area contributed by atoms with Crippen LogP contribution in [0, 0.1) is 18.8 Å². The van der Waals surface area contributed by atoms with Crippen LogP contribution in [0.2, 0.25) is 0 Å². The van der Waals surface area contributed by atoms with Crippen LogP contribution in [0.4, 0.5) is 0 Å². The Morgan fingerprint density at radius 3 is 2.24 bits per heavy atom. The van der Waals surface area contributed by atoms with Crippen molar-refractivity contribution in [3.8, 4) is 11.1 Å². The zero-order valence-corrected chi connectivity index (χ0v) is 31.5. The van der Waals surface area contributed by atoms with Crippen molar-refractivity contribution in [1.29, 1.82) is 0 Å². The summed E-state index contributed by atoms with van der Waals surface area (Å²) in [6.07, 6.45) is 17.5. The third kappa shape index (κ3) is 12.1. The predicted octanol–water partition coefficient (Wildman–Crippen LogP) is 9.27. The summed E-state index contributed by atoms with van der Waals surface area (Å²) in [4.78, 5) is 28.1. The second kappa shape index (κ2) is 20.7. The Labute approximate surface area is 292 Å². The molecular formula is C38H58N2O3S3. The number of carboxylic acid groups (broad SMARTS) is 1. The van der Waals surface area contributed by atoms with Gasteiger partial charge in [-0.1, -0.05) is 76.3 Å². The summed E-state index contributed by atoms with van der Waals surface area (Å²) >= 11 is 5.43. The van der Waals surface area contributed by atoms with Gasteiger partial charge in [-0.2, -0.15) is 35.3 Å². The van der Waals surface area contributed by atoms with Crippen LogP contribution < -0.4 is 5.32 Å². The van der Waals surface area contributed by atoms with Gasteiger partial charge in [0, 0.05) is 29.9 Å². The largest absolute Gasteiger partial charge is 0.480 e. The fourth-order valence-corrected chi connectivity index (χ4v) is 8.84. The van der Waals surface area contributed by atoms with Crippen molar-refractivity contribution in [3.05, 3.63) is 59.2 Å². The second-order valence-electron chi connectivity index (χ2n) is 13.4. The molecule has 46 heavy (non-hydrogen) atoms. The second-order valence-corrected chi connectivity index (χ2v) is 16.2. The van der Waals surface area contributed by atoms with Gasteiger partial charge in [-0.05, 0) is 109 Å². The standard InChI is InChI=1S/C33H46N2O3S2.C5H12S/c1-23-9-7-8-12-28(23)30-20-25(13-16-29(30)32(36)34-31(33(37)38)17-18-39-2)21-35-26(14-15-27(35)22-40-3)19-24-10-5-4-6-11-24;1-5(2)4-6-3/h7-9,12-13,16,20,24,26-27,31H,4-6,10-11,14-15,17-19,21-22H2,1-3H3,(H,34,36)(H,37,38);5H,4H2,1-3H3. The Kier molecular flexibility index (Phi) is 17.5. The van der Waals surface area contributed by atoms with E-state index in [1.165, 1.54) is 62.7 Å². The molecule has 3 unspecified atom stereocenters. The number of hydrogen-bond donors (Lipinski definition) is 2. The van der Waals surface area contributed by atoms with Gasteiger partial charge in [0.15, 0.2) is 0 Å². The molecular weight excluding hydrogens is 629 g/mol. The van der Waals surface area contributed by atoms with Crippen LogP contribution in [0.25, 0.3) is 11.1 Å². The number of rotatable bonds is 15. The molecule has 1 saturated heterocycles. The molecule has 4 rings (SSSR count). The predicted molar refractivity (Wildman–Crippen MR) is 204 cm³/mol. The maximum atomic E-state index is 13.5. The molecule has 1 amide bonds. The number of benzene rings is 2. The molecule has 5 nitrogen and oxygen atoms in total. The van der Waals surface area contributed by atoms with Crippen molar-refractivity contribution in [3.63, 3.8) is 0 Å². The number of likely N-dealkylation sites (tertiary alicyclic amines) is 1. The summed E-state index contributed by atoms with van der Waals surface area (Å²) in [5.41, 5.74) is 4.75. The van der Waals surface area contributed by atoms with Crippen LogP contribution in [0.5, 0.6) is 0 Å². The quantitative estimate of drug-likeness (QED) is 0.194. The number of carbonyl (C=O) groups is 2. The summed E-state index contributed by atoms with van der Waals surface area (Å²) in [5.74, 6) is 3.52. The highest BCUT2D eigenvalue weighted by atomic mass is 32.2. The van der Waals surface area contributed by atoms with E-state index in [9.17, 15) is 14.7 Å². The lowest BCUT2D eigenvalue weighted by Gasteiger charge is -2.33. The number of nitrogens with one attached hydrogen (secondary N) is 1. The van der Waals surface area contributed by atoms with E-state index in [0.717, 1.165) is 40.8 Å². The van der Waals surface area contributed by atoms with Gasteiger partial charge in [-0.15, -0.1) is 0 Å². The first-order chi connectivity index (χ1) is 22.2. The minimum atomic E-state index is -0.991. The first kappa shape index (κ1) is 38.8. The zero-order valence-electron chi connectivity index (χ0n) is 29.1. The summed E-state index contributed by atoms with van der Waals surface area (Å²) < 4.78 is 0. The minimum Gasteiger partial charge on any atom is -0.480 e. The molecule has 1 saturated carbocycles. The Morgan fingerprint density at radius 2 is 1.63 bits per heavy atom. The van der Waals surface area contributed by atoms with Crippen molar-refractivity contribution in [2.75, 3.05) is 36.0 Å². The number of amides is 1. The molecule has 3 atom stereocenters. The third-order valence-corrected chi connectivity index (χ3v) is 11.7. The average Bonchev–Trinajstić information content (AvgIpc) is 3.40. The molecule has 2 N–H and O–H groups in total. The summed E-state index contributed by atoms with van der Waals surface area (Å²) in [6.45, 7) is 7.42. The molecule has 2 aromatic rings. The maximum Gasteiger partial charge on any atom is 0.326 e. The van der Waals surface area contributed by atoms with Crippen LogP contribution in [0.3, 0.4) is 0 Å². The molecule has 1 aliphatic carbocycles. The van der Waals surface area contributed by atoms with Gasteiger partial charge in [-0.25, -0.2) is 4.79 Å². The van der Waals surface area contributed by atoms with Crippen molar-refractivity contribution in [2.45, 2.75) is 103 Å². The first-order valence-electron chi connectivity index (χ1n) is 17.1. The van der Waals surface area contributed by atoms with E-state index >= 15 is 0 Å². The molecule has 0 aromatic heterocycles. The normalized spacial score (nSPS) is 19.5. The van der Waals surface area contributed by atoms with Crippen LogP contribution in [0.15, 0.2) is 42.5 Å². The lowest BCUT2D eigenvalue weighted by Crippen LogP contribution is -2.41. The highest BCUT2D eigenvalue weighted by Crippen LogP contribution is 2.37. The average molecular weight is 687 g/mol. The van der Waals surface area contributed by atoms with Crippen LogP contribution >= 0.6 is 35.3 Å².